The van der Waals surface area contributed by atoms with Crippen LogP contribution in [0.25, 0.3) is 0 Å². The molecular weight excluding hydrogens is 178 g/mol. The minimum atomic E-state index is -0.0838. The van der Waals surface area contributed by atoms with E-state index in [4.69, 9.17) is 9.47 Å². The molecule has 0 radical (unpaired) electrons. The van der Waals surface area contributed by atoms with Gasteiger partial charge in [0.2, 0.25) is 0 Å². The van der Waals surface area contributed by atoms with E-state index in [1.165, 1.54) is 0 Å². The number of hydrogen-bond acceptors (Lipinski definition) is 3. The van der Waals surface area contributed by atoms with Gasteiger partial charge in [0.25, 0.3) is 0 Å². The molecule has 0 aliphatic carbocycles. The number of ether oxygens (including phenoxy) is 2. The molecule has 3 nitrogen and oxygen atoms in total. The van der Waals surface area contributed by atoms with Gasteiger partial charge in [-0.05, 0) is 26.8 Å². The van der Waals surface area contributed by atoms with Gasteiger partial charge >= 0.3 is 0 Å². The van der Waals surface area contributed by atoms with Crippen molar-refractivity contribution in [1.29, 1.82) is 0 Å². The highest BCUT2D eigenvalue weighted by molar-refractivity contribution is 4.90. The normalized spacial score (nSPS) is 14.4. The summed E-state index contributed by atoms with van der Waals surface area (Å²) in [5.41, 5.74) is -0.0838. The van der Waals surface area contributed by atoms with Crippen molar-refractivity contribution in [3.05, 3.63) is 0 Å². The number of hydrogen-bond donors (Lipinski definition) is 1. The van der Waals surface area contributed by atoms with Gasteiger partial charge in [0.15, 0.2) is 0 Å². The van der Waals surface area contributed by atoms with E-state index >= 15 is 0 Å². The van der Waals surface area contributed by atoms with Gasteiger partial charge < -0.3 is 14.8 Å². The molecule has 0 amide bonds. The second-order valence-electron chi connectivity index (χ2n) is 3.50. The predicted molar refractivity (Wildman–Crippen MR) is 59.7 cm³/mol. The Hall–Kier alpha value is -0.120. The second kappa shape index (κ2) is 7.21. The molecule has 86 valence electrons. The molecule has 0 saturated heterocycles. The molecule has 0 rings (SSSR count). The Kier molecular flexibility index (Phi) is 7.15. The summed E-state index contributed by atoms with van der Waals surface area (Å²) < 4.78 is 11.1. The zero-order valence-corrected chi connectivity index (χ0v) is 10.2. The number of methoxy groups -OCH3 is 1. The first-order valence-corrected chi connectivity index (χ1v) is 5.50. The summed E-state index contributed by atoms with van der Waals surface area (Å²) in [7, 11) is 3.69. The second-order valence-corrected chi connectivity index (χ2v) is 3.50. The van der Waals surface area contributed by atoms with E-state index in [1.54, 1.807) is 7.11 Å². The van der Waals surface area contributed by atoms with Gasteiger partial charge in [-0.15, -0.1) is 0 Å². The molecule has 14 heavy (non-hydrogen) atoms. The molecule has 0 fully saturated rings. The number of nitrogens with one attached hydrogen (secondary N) is 1. The molecule has 1 atom stereocenters. The third kappa shape index (κ3) is 3.23. The Labute approximate surface area is 88.2 Å². The van der Waals surface area contributed by atoms with Gasteiger partial charge in [0, 0.05) is 13.7 Å². The monoisotopic (exact) mass is 203 g/mol. The van der Waals surface area contributed by atoms with Crippen LogP contribution < -0.4 is 5.32 Å². The van der Waals surface area contributed by atoms with Gasteiger partial charge in [-0.1, -0.05) is 13.8 Å². The topological polar surface area (TPSA) is 30.5 Å². The molecule has 0 heterocycles. The van der Waals surface area contributed by atoms with Gasteiger partial charge in [-0.25, -0.2) is 0 Å². The smallest absolute Gasteiger partial charge is 0.0851 e. The van der Waals surface area contributed by atoms with Crippen LogP contribution in [0.4, 0.5) is 0 Å². The van der Waals surface area contributed by atoms with Crippen molar-refractivity contribution < 1.29 is 9.47 Å². The minimum Gasteiger partial charge on any atom is -0.383 e. The lowest BCUT2D eigenvalue weighted by Crippen LogP contribution is -2.53. The molecule has 1 unspecified atom stereocenters. The molecule has 0 aromatic heterocycles. The molecule has 3 heteroatoms. The Bertz CT molecular complexity index is 135. The van der Waals surface area contributed by atoms with Crippen LogP contribution in [0.3, 0.4) is 0 Å². The first-order valence-electron chi connectivity index (χ1n) is 5.50. The summed E-state index contributed by atoms with van der Waals surface area (Å²) >= 11 is 0. The fourth-order valence-corrected chi connectivity index (χ4v) is 2.00. The summed E-state index contributed by atoms with van der Waals surface area (Å²) in [5, 5.41) is 3.28. The molecule has 0 aliphatic rings. The Morgan fingerprint density at radius 2 is 1.79 bits per heavy atom. The van der Waals surface area contributed by atoms with Gasteiger partial charge in [-0.3, -0.25) is 0 Å². The van der Waals surface area contributed by atoms with E-state index in [2.05, 4.69) is 19.2 Å². The SMILES string of the molecule is CCOC(CC)(CC)C(COC)NC. The molecule has 0 aromatic rings. The highest BCUT2D eigenvalue weighted by atomic mass is 16.5. The van der Waals surface area contributed by atoms with Crippen molar-refractivity contribution in [2.24, 2.45) is 0 Å². The number of rotatable bonds is 8. The summed E-state index contributed by atoms with van der Waals surface area (Å²) in [6, 6.07) is 0.266. The third-order valence-corrected chi connectivity index (χ3v) is 2.95. The molecular formula is C11H25NO2. The highest BCUT2D eigenvalue weighted by Crippen LogP contribution is 2.25. The van der Waals surface area contributed by atoms with Crippen molar-refractivity contribution in [3.63, 3.8) is 0 Å². The lowest BCUT2D eigenvalue weighted by molar-refractivity contribution is -0.0844. The summed E-state index contributed by atoms with van der Waals surface area (Å²) in [6.45, 7) is 7.82. The van der Waals surface area contributed by atoms with Crippen LogP contribution in [-0.4, -0.2) is 39.0 Å². The van der Waals surface area contributed by atoms with E-state index in [0.717, 1.165) is 19.4 Å². The quantitative estimate of drug-likeness (QED) is 0.652. The standard InChI is InChI=1S/C11H25NO2/c1-6-11(7-2,14-8-3)10(12-4)9-13-5/h10,12H,6-9H2,1-5H3. The summed E-state index contributed by atoms with van der Waals surface area (Å²) in [5.74, 6) is 0. The highest BCUT2D eigenvalue weighted by Gasteiger charge is 2.35. The van der Waals surface area contributed by atoms with Crippen LogP contribution in [0.5, 0.6) is 0 Å². The van der Waals surface area contributed by atoms with Crippen molar-refractivity contribution in [1.82, 2.24) is 5.32 Å². The molecule has 0 saturated carbocycles. The van der Waals surface area contributed by atoms with E-state index in [9.17, 15) is 0 Å². The summed E-state index contributed by atoms with van der Waals surface area (Å²) in [6.07, 6.45) is 2.01. The Morgan fingerprint density at radius 3 is 2.07 bits per heavy atom. The van der Waals surface area contributed by atoms with Crippen molar-refractivity contribution in [2.45, 2.75) is 45.3 Å². The first-order chi connectivity index (χ1) is 6.70. The average Bonchev–Trinajstić information content (AvgIpc) is 2.23. The van der Waals surface area contributed by atoms with Crippen molar-refractivity contribution in [2.75, 3.05) is 27.4 Å². The molecule has 0 aliphatic heterocycles. The predicted octanol–water partition coefficient (Wildman–Crippen LogP) is 1.82. The van der Waals surface area contributed by atoms with Crippen LogP contribution in [0, 0.1) is 0 Å². The third-order valence-electron chi connectivity index (χ3n) is 2.95. The van der Waals surface area contributed by atoms with Crippen LogP contribution in [0.15, 0.2) is 0 Å². The molecule has 1 N–H and O–H groups in total. The van der Waals surface area contributed by atoms with Crippen LogP contribution in [0.1, 0.15) is 33.6 Å². The zero-order chi connectivity index (χ0) is 11.0. The minimum absolute atomic E-state index is 0.0838. The van der Waals surface area contributed by atoms with Crippen LogP contribution >= 0.6 is 0 Å². The lowest BCUT2D eigenvalue weighted by Gasteiger charge is -2.38. The largest absolute Gasteiger partial charge is 0.383 e. The van der Waals surface area contributed by atoms with Crippen LogP contribution in [-0.2, 0) is 9.47 Å². The molecule has 0 bridgehead atoms. The summed E-state index contributed by atoms with van der Waals surface area (Å²) in [4.78, 5) is 0. The van der Waals surface area contributed by atoms with Gasteiger partial charge in [-0.2, -0.15) is 0 Å². The molecule has 0 spiro atoms. The van der Waals surface area contributed by atoms with E-state index in [0.29, 0.717) is 6.61 Å². The maximum absolute atomic E-state index is 5.89. The van der Waals surface area contributed by atoms with E-state index in [-0.39, 0.29) is 11.6 Å². The molecule has 0 aromatic carbocycles. The zero-order valence-electron chi connectivity index (χ0n) is 10.2. The van der Waals surface area contributed by atoms with E-state index in [1.807, 2.05) is 14.0 Å². The van der Waals surface area contributed by atoms with Gasteiger partial charge in [0.05, 0.1) is 18.2 Å². The maximum Gasteiger partial charge on any atom is 0.0851 e. The van der Waals surface area contributed by atoms with Gasteiger partial charge in [0.1, 0.15) is 0 Å². The van der Waals surface area contributed by atoms with Crippen molar-refractivity contribution >= 4 is 0 Å². The Balaban J connectivity index is 4.54. The number of likely N-dealkylation sites (N-methyl/N-ethyl adjacent to an activating group) is 1. The fourth-order valence-electron chi connectivity index (χ4n) is 2.00. The first kappa shape index (κ1) is 13.9. The lowest BCUT2D eigenvalue weighted by atomic mass is 9.88. The van der Waals surface area contributed by atoms with Crippen molar-refractivity contribution in [3.8, 4) is 0 Å². The Morgan fingerprint density at radius 1 is 1.21 bits per heavy atom. The van der Waals surface area contributed by atoms with Crippen LogP contribution in [0.2, 0.25) is 0 Å². The van der Waals surface area contributed by atoms with E-state index < -0.39 is 0 Å². The fraction of sp³-hybridized carbons (Fsp3) is 1.00. The maximum atomic E-state index is 5.89. The average molecular weight is 203 g/mol.